The van der Waals surface area contributed by atoms with Gasteiger partial charge in [0, 0.05) is 19.8 Å². The van der Waals surface area contributed by atoms with Gasteiger partial charge in [-0.3, -0.25) is 9.59 Å². The predicted octanol–water partition coefficient (Wildman–Crippen LogP) is 4.56. The van der Waals surface area contributed by atoms with E-state index < -0.39 is 148 Å². The summed E-state index contributed by atoms with van der Waals surface area (Å²) in [5.74, 6) is -6.10. The van der Waals surface area contributed by atoms with Gasteiger partial charge in [0.1, 0.15) is 67.1 Å². The third kappa shape index (κ3) is 27.8. The van der Waals surface area contributed by atoms with Gasteiger partial charge in [0.25, 0.3) is 5.79 Å². The lowest BCUT2D eigenvalue weighted by atomic mass is 9.88. The van der Waals surface area contributed by atoms with Crippen molar-refractivity contribution in [2.45, 2.75) is 349 Å². The molecule has 0 spiro atoms. The van der Waals surface area contributed by atoms with Crippen LogP contribution in [0.3, 0.4) is 0 Å². The highest BCUT2D eigenvalue weighted by Gasteiger charge is 2.60. The molecule has 3 fully saturated rings. The summed E-state index contributed by atoms with van der Waals surface area (Å²) < 4.78 is 34.8. The zero-order valence-electron chi connectivity index (χ0n) is 51.7. The van der Waals surface area contributed by atoms with Crippen LogP contribution in [-0.4, -0.2) is 215 Å². The van der Waals surface area contributed by atoms with Gasteiger partial charge in [0.15, 0.2) is 12.6 Å². The quantitative estimate of drug-likeness (QED) is 0.0371. The van der Waals surface area contributed by atoms with Crippen LogP contribution in [0.4, 0.5) is 0 Å². The minimum Gasteiger partial charge on any atom is -0.477 e. The number of hydrogen-bond donors (Lipinski definition) is 14. The van der Waals surface area contributed by atoms with Crippen molar-refractivity contribution >= 4 is 17.8 Å². The normalized spacial score (nSPS) is 29.5. The van der Waals surface area contributed by atoms with Gasteiger partial charge in [0.05, 0.1) is 50.7 Å². The molecule has 2 amide bonds. The van der Waals surface area contributed by atoms with Crippen LogP contribution in [0.25, 0.3) is 0 Å². The first-order chi connectivity index (χ1) is 40.9. The number of aliphatic carboxylic acids is 1. The first-order valence-electron chi connectivity index (χ1n) is 32.9. The Morgan fingerprint density at radius 3 is 1.47 bits per heavy atom. The first kappa shape index (κ1) is 77.0. The Morgan fingerprint density at radius 2 is 1.02 bits per heavy atom. The van der Waals surface area contributed by atoms with E-state index in [0.29, 0.717) is 19.3 Å². The van der Waals surface area contributed by atoms with Crippen LogP contribution in [0.2, 0.25) is 0 Å². The van der Waals surface area contributed by atoms with Crippen LogP contribution in [0, 0.1) is 0 Å². The van der Waals surface area contributed by atoms with Gasteiger partial charge in [0.2, 0.25) is 11.8 Å². The van der Waals surface area contributed by atoms with Crippen molar-refractivity contribution in [3.63, 3.8) is 0 Å². The topological polar surface area (TPSA) is 373 Å². The zero-order valence-corrected chi connectivity index (χ0v) is 51.7. The van der Waals surface area contributed by atoms with Gasteiger partial charge < -0.3 is 100 Å². The van der Waals surface area contributed by atoms with Crippen LogP contribution in [0.1, 0.15) is 239 Å². The molecule has 3 aliphatic rings. The van der Waals surface area contributed by atoms with Crippen LogP contribution in [0.5, 0.6) is 0 Å². The molecular weight excluding hydrogens is 1110 g/mol. The average molecular weight is 1230 g/mol. The SMILES string of the molecule is CCCCCCCCCCCCCCCCCCCCCCCCC(O)C(COC1OC(CO)C(OC2OC(CO)C(O)C(OC3(C(=O)O)CC(O)C(NC(C)=O)C(C(O)C(O)CO)O3)C2O)C(O)C1O)NC(=O)CCCCCCCCCCC. The molecule has 18 unspecified atom stereocenters. The molecule has 0 aliphatic carbocycles. The number of carbonyl (C=O) groups excluding carboxylic acids is 2. The number of carboxylic acids is 1. The second kappa shape index (κ2) is 44.2. The van der Waals surface area contributed by atoms with E-state index >= 15 is 0 Å². The van der Waals surface area contributed by atoms with Crippen LogP contribution >= 0.6 is 0 Å². The number of rotatable bonds is 49. The molecule has 3 heterocycles. The van der Waals surface area contributed by atoms with E-state index in [2.05, 4.69) is 24.5 Å². The molecule has 85 heavy (non-hydrogen) atoms. The summed E-state index contributed by atoms with van der Waals surface area (Å²) in [5, 5.41) is 136. The monoisotopic (exact) mass is 1220 g/mol. The Kier molecular flexibility index (Phi) is 40.1. The van der Waals surface area contributed by atoms with E-state index in [0.717, 1.165) is 58.3 Å². The van der Waals surface area contributed by atoms with Gasteiger partial charge in [-0.1, -0.05) is 206 Å². The Bertz CT molecular complexity index is 1740. The van der Waals surface area contributed by atoms with Crippen molar-refractivity contribution in [3.05, 3.63) is 0 Å². The van der Waals surface area contributed by atoms with E-state index in [9.17, 15) is 75.7 Å². The highest BCUT2D eigenvalue weighted by molar-refractivity contribution is 5.77. The van der Waals surface area contributed by atoms with Crippen molar-refractivity contribution in [1.82, 2.24) is 10.6 Å². The summed E-state index contributed by atoms with van der Waals surface area (Å²) in [6, 6.07) is -2.52. The molecule has 18 atom stereocenters. The van der Waals surface area contributed by atoms with E-state index in [1.54, 1.807) is 0 Å². The lowest BCUT2D eigenvalue weighted by Crippen LogP contribution is -2.70. The largest absolute Gasteiger partial charge is 0.477 e. The lowest BCUT2D eigenvalue weighted by molar-refractivity contribution is -0.386. The molecule has 14 N–H and O–H groups in total. The molecule has 0 aromatic heterocycles. The third-order valence-electron chi connectivity index (χ3n) is 17.1. The average Bonchev–Trinajstić information content (AvgIpc) is 3.46. The van der Waals surface area contributed by atoms with Gasteiger partial charge in [-0.15, -0.1) is 0 Å². The van der Waals surface area contributed by atoms with Gasteiger partial charge in [-0.2, -0.15) is 0 Å². The highest BCUT2D eigenvalue weighted by Crippen LogP contribution is 2.39. The molecular formula is C62H116N2O21. The molecule has 0 saturated carbocycles. The molecule has 3 aliphatic heterocycles. The standard InChI is InChI=1S/C62H116N2O21/c1-4-6-8-10-12-14-15-16-17-18-19-20-21-22-23-24-25-26-28-29-31-33-35-44(69)43(64-49(72)36-34-32-30-27-13-11-9-7-5-2)41-80-59-54(76)53(75)56(48(40-67)82-59)83-60-55(77)58(52(74)47(39-66)81-60)85-62(61(78)79)37-45(70)50(63-42(3)68)57(84-62)51(73)46(71)38-65/h43-48,50-60,65-67,69-71,73-77H,4-41H2,1-3H3,(H,63,68)(H,64,72)(H,78,79). The summed E-state index contributed by atoms with van der Waals surface area (Å²) in [6.07, 6.45) is 8.57. The molecule has 0 radical (unpaired) electrons. The fourth-order valence-electron chi connectivity index (χ4n) is 11.8. The maximum Gasteiger partial charge on any atom is 0.364 e. The van der Waals surface area contributed by atoms with Crippen molar-refractivity contribution in [2.24, 2.45) is 0 Å². The molecule has 0 aromatic rings. The summed E-state index contributed by atoms with van der Waals surface area (Å²) in [6.45, 7) is 2.17. The second-order valence-corrected chi connectivity index (χ2v) is 24.3. The summed E-state index contributed by atoms with van der Waals surface area (Å²) in [4.78, 5) is 38.4. The van der Waals surface area contributed by atoms with Gasteiger partial charge in [-0.25, -0.2) is 4.79 Å². The van der Waals surface area contributed by atoms with E-state index in [4.69, 9.17) is 28.4 Å². The van der Waals surface area contributed by atoms with Crippen molar-refractivity contribution in [1.29, 1.82) is 0 Å². The van der Waals surface area contributed by atoms with Crippen molar-refractivity contribution in [3.8, 4) is 0 Å². The Labute approximate surface area is 506 Å². The summed E-state index contributed by atoms with van der Waals surface area (Å²) in [5.41, 5.74) is 0. The number of aliphatic hydroxyl groups is 11. The number of nitrogens with one attached hydrogen (secondary N) is 2. The molecule has 500 valence electrons. The molecule has 23 heteroatoms. The number of hydrogen-bond acceptors (Lipinski definition) is 20. The van der Waals surface area contributed by atoms with Crippen LogP contribution in [0.15, 0.2) is 0 Å². The Balaban J connectivity index is 1.58. The molecule has 23 nitrogen and oxygen atoms in total. The first-order valence-corrected chi connectivity index (χ1v) is 32.9. The maximum atomic E-state index is 13.3. The molecule has 3 rings (SSSR count). The molecule has 0 bridgehead atoms. The number of ether oxygens (including phenoxy) is 6. The Hall–Kier alpha value is -2.27. The minimum absolute atomic E-state index is 0.226. The lowest BCUT2D eigenvalue weighted by Gasteiger charge is -2.50. The molecule has 3 saturated heterocycles. The number of aliphatic hydroxyl groups excluding tert-OH is 11. The molecule has 0 aromatic carbocycles. The predicted molar refractivity (Wildman–Crippen MR) is 315 cm³/mol. The van der Waals surface area contributed by atoms with E-state index in [-0.39, 0.29) is 18.9 Å². The van der Waals surface area contributed by atoms with Crippen molar-refractivity contribution < 1.29 is 104 Å². The number of amides is 2. The fraction of sp³-hybridized carbons (Fsp3) is 0.952. The minimum atomic E-state index is -3.07. The highest BCUT2D eigenvalue weighted by atomic mass is 16.8. The zero-order chi connectivity index (χ0) is 62.6. The summed E-state index contributed by atoms with van der Waals surface area (Å²) >= 11 is 0. The summed E-state index contributed by atoms with van der Waals surface area (Å²) in [7, 11) is 0. The number of unbranched alkanes of at least 4 members (excludes halogenated alkanes) is 29. The van der Waals surface area contributed by atoms with Gasteiger partial charge in [-0.05, 0) is 12.8 Å². The third-order valence-corrected chi connectivity index (χ3v) is 17.1. The van der Waals surface area contributed by atoms with E-state index in [1.165, 1.54) is 135 Å². The van der Waals surface area contributed by atoms with E-state index in [1.807, 2.05) is 0 Å². The Morgan fingerprint density at radius 1 is 0.565 bits per heavy atom. The second-order valence-electron chi connectivity index (χ2n) is 24.3. The van der Waals surface area contributed by atoms with Crippen molar-refractivity contribution in [2.75, 3.05) is 26.4 Å². The fourth-order valence-corrected chi connectivity index (χ4v) is 11.8. The van der Waals surface area contributed by atoms with Gasteiger partial charge >= 0.3 is 5.97 Å². The smallest absolute Gasteiger partial charge is 0.364 e. The maximum absolute atomic E-state index is 13.3. The van der Waals surface area contributed by atoms with Crippen LogP contribution < -0.4 is 10.6 Å². The number of carbonyl (C=O) groups is 3. The number of carboxylic acid groups (broad SMARTS) is 1. The van der Waals surface area contributed by atoms with Crippen LogP contribution in [-0.2, 0) is 42.8 Å².